The highest BCUT2D eigenvalue weighted by Gasteiger charge is 2.25. The van der Waals surface area contributed by atoms with E-state index >= 15 is 0 Å². The highest BCUT2D eigenvalue weighted by molar-refractivity contribution is 7.90. The van der Waals surface area contributed by atoms with Crippen molar-refractivity contribution in [2.75, 3.05) is 50.5 Å². The first-order valence-corrected chi connectivity index (χ1v) is 13.3. The predicted molar refractivity (Wildman–Crippen MR) is 129 cm³/mol. The van der Waals surface area contributed by atoms with E-state index in [0.29, 0.717) is 47.2 Å². The number of morpholine rings is 1. The van der Waals surface area contributed by atoms with Crippen molar-refractivity contribution in [2.24, 2.45) is 0 Å². The van der Waals surface area contributed by atoms with Gasteiger partial charge in [-0.15, -0.1) is 0 Å². The number of thiazole rings is 1. The number of fused-ring (bicyclic) bond motifs is 1. The van der Waals surface area contributed by atoms with Crippen LogP contribution in [0.5, 0.6) is 0 Å². The van der Waals surface area contributed by atoms with Crippen LogP contribution in [0.4, 0.5) is 10.8 Å². The van der Waals surface area contributed by atoms with Gasteiger partial charge in [-0.1, -0.05) is 17.4 Å². The van der Waals surface area contributed by atoms with Crippen molar-refractivity contribution in [3.05, 3.63) is 57.6 Å². The maximum Gasteiger partial charge on any atom is 0.273 e. The van der Waals surface area contributed by atoms with E-state index in [4.69, 9.17) is 4.74 Å². The van der Waals surface area contributed by atoms with E-state index in [1.54, 1.807) is 31.2 Å². The van der Waals surface area contributed by atoms with Crippen LogP contribution in [0.3, 0.4) is 0 Å². The summed E-state index contributed by atoms with van der Waals surface area (Å²) in [7, 11) is -3.39. The molecule has 0 aliphatic carbocycles. The second kappa shape index (κ2) is 9.74. The van der Waals surface area contributed by atoms with Crippen molar-refractivity contribution in [1.82, 2.24) is 9.88 Å². The fraction of sp³-hybridized carbons (Fsp3) is 0.364. The molecule has 2 heterocycles. The fourth-order valence-electron chi connectivity index (χ4n) is 3.68. The molecule has 0 unspecified atom stereocenters. The van der Waals surface area contributed by atoms with Crippen LogP contribution in [0.15, 0.2) is 41.3 Å². The summed E-state index contributed by atoms with van der Waals surface area (Å²) in [6.45, 7) is 5.24. The van der Waals surface area contributed by atoms with Gasteiger partial charge in [0, 0.05) is 49.6 Å². The second-order valence-corrected chi connectivity index (χ2v) is 11.1. The van der Waals surface area contributed by atoms with Gasteiger partial charge >= 0.3 is 0 Å². The van der Waals surface area contributed by atoms with E-state index in [1.165, 1.54) is 28.4 Å². The Morgan fingerprint density at radius 1 is 1.24 bits per heavy atom. The van der Waals surface area contributed by atoms with Crippen LogP contribution in [0.1, 0.15) is 15.9 Å². The van der Waals surface area contributed by atoms with E-state index in [1.807, 2.05) is 0 Å². The molecule has 180 valence electrons. The fourth-order valence-corrected chi connectivity index (χ4v) is 5.44. The summed E-state index contributed by atoms with van der Waals surface area (Å²) in [6, 6.07) is 9.07. The molecule has 0 spiro atoms. The number of benzene rings is 2. The topological polar surface area (TPSA) is 123 Å². The zero-order valence-corrected chi connectivity index (χ0v) is 20.4. The molecule has 0 atom stereocenters. The van der Waals surface area contributed by atoms with Crippen LogP contribution in [0.2, 0.25) is 0 Å². The predicted octanol–water partition coefficient (Wildman–Crippen LogP) is 2.90. The highest BCUT2D eigenvalue weighted by Crippen LogP contribution is 2.32. The van der Waals surface area contributed by atoms with Gasteiger partial charge in [0.15, 0.2) is 15.0 Å². The molecule has 10 nitrogen and oxygen atoms in total. The van der Waals surface area contributed by atoms with E-state index in [2.05, 4.69) is 9.88 Å². The molecule has 0 bridgehead atoms. The van der Waals surface area contributed by atoms with Crippen LogP contribution in [0, 0.1) is 17.0 Å². The summed E-state index contributed by atoms with van der Waals surface area (Å²) in [5.41, 5.74) is 1.11. The number of rotatable bonds is 7. The molecule has 1 saturated heterocycles. The van der Waals surface area contributed by atoms with Gasteiger partial charge in [0.05, 0.1) is 33.2 Å². The number of hydrogen-bond acceptors (Lipinski definition) is 9. The zero-order chi connectivity index (χ0) is 24.5. The Morgan fingerprint density at radius 2 is 1.97 bits per heavy atom. The van der Waals surface area contributed by atoms with Gasteiger partial charge in [0.25, 0.3) is 11.6 Å². The lowest BCUT2D eigenvalue weighted by molar-refractivity contribution is -0.385. The Hall–Kier alpha value is -2.93. The molecule has 2 aromatic carbocycles. The monoisotopic (exact) mass is 504 g/mol. The number of anilines is 1. The maximum absolute atomic E-state index is 13.5. The molecule has 12 heteroatoms. The summed E-state index contributed by atoms with van der Waals surface area (Å²) in [4.78, 5) is 32.9. The molecule has 4 rings (SSSR count). The summed E-state index contributed by atoms with van der Waals surface area (Å²) < 4.78 is 29.9. The van der Waals surface area contributed by atoms with Crippen LogP contribution < -0.4 is 4.90 Å². The molecule has 1 amide bonds. The van der Waals surface area contributed by atoms with Crippen LogP contribution in [-0.2, 0) is 14.6 Å². The first-order chi connectivity index (χ1) is 16.1. The summed E-state index contributed by atoms with van der Waals surface area (Å²) in [5, 5.41) is 11.8. The lowest BCUT2D eigenvalue weighted by atomic mass is 10.1. The number of nitro benzene ring substituents is 1. The Kier molecular flexibility index (Phi) is 6.94. The number of nitrogens with zero attached hydrogens (tertiary/aromatic N) is 4. The molecule has 0 N–H and O–H groups in total. The van der Waals surface area contributed by atoms with Gasteiger partial charge in [0.2, 0.25) is 0 Å². The average Bonchev–Trinajstić information content (AvgIpc) is 3.22. The molecule has 0 saturated carbocycles. The number of nitro groups is 1. The smallest absolute Gasteiger partial charge is 0.273 e. The number of ether oxygens (including phenoxy) is 1. The standard InChI is InChI=1S/C22H24N4O6S2/c1-15-3-4-16(13-19(15)26(28)29)21(27)25(8-7-24-9-11-32-12-10-24)22-23-18-6-5-17(34(2,30)31)14-20(18)33-22/h3-6,13-14H,7-12H2,1-2H3. The Balaban J connectivity index is 1.71. The van der Waals surface area contributed by atoms with Gasteiger partial charge in [-0.3, -0.25) is 24.7 Å². The Morgan fingerprint density at radius 3 is 2.65 bits per heavy atom. The van der Waals surface area contributed by atoms with Crippen LogP contribution in [-0.4, -0.2) is 74.8 Å². The first kappa shape index (κ1) is 24.2. The first-order valence-electron chi connectivity index (χ1n) is 10.6. The molecule has 1 aromatic heterocycles. The van der Waals surface area contributed by atoms with E-state index in [9.17, 15) is 23.3 Å². The number of aromatic nitrogens is 1. The second-order valence-electron chi connectivity index (χ2n) is 8.07. The van der Waals surface area contributed by atoms with Crippen molar-refractivity contribution in [2.45, 2.75) is 11.8 Å². The Labute approximate surface area is 200 Å². The minimum atomic E-state index is -3.39. The number of carbonyl (C=O) groups excluding carboxylic acids is 1. The van der Waals surface area contributed by atoms with Crippen molar-refractivity contribution in [3.63, 3.8) is 0 Å². The van der Waals surface area contributed by atoms with Gasteiger partial charge in [-0.25, -0.2) is 13.4 Å². The van der Waals surface area contributed by atoms with Gasteiger partial charge in [-0.05, 0) is 31.2 Å². The average molecular weight is 505 g/mol. The Bertz CT molecular complexity index is 1350. The lowest BCUT2D eigenvalue weighted by Gasteiger charge is -2.29. The lowest BCUT2D eigenvalue weighted by Crippen LogP contribution is -2.43. The van der Waals surface area contributed by atoms with Crippen molar-refractivity contribution >= 4 is 48.1 Å². The zero-order valence-electron chi connectivity index (χ0n) is 18.8. The van der Waals surface area contributed by atoms with Crippen molar-refractivity contribution in [3.8, 4) is 0 Å². The number of carbonyl (C=O) groups is 1. The number of hydrogen-bond donors (Lipinski definition) is 0. The molecular weight excluding hydrogens is 480 g/mol. The number of aryl methyl sites for hydroxylation is 1. The van der Waals surface area contributed by atoms with Crippen LogP contribution >= 0.6 is 11.3 Å². The molecule has 3 aromatic rings. The third-order valence-corrected chi connectivity index (χ3v) is 7.80. The van der Waals surface area contributed by atoms with Gasteiger partial charge < -0.3 is 4.74 Å². The highest BCUT2D eigenvalue weighted by atomic mass is 32.2. The van der Waals surface area contributed by atoms with Gasteiger partial charge in [-0.2, -0.15) is 0 Å². The maximum atomic E-state index is 13.5. The minimum absolute atomic E-state index is 0.124. The molecule has 1 aliphatic heterocycles. The van der Waals surface area contributed by atoms with Gasteiger partial charge in [0.1, 0.15) is 0 Å². The molecule has 1 fully saturated rings. The SMILES string of the molecule is Cc1ccc(C(=O)N(CCN2CCOCC2)c2nc3ccc(S(C)(=O)=O)cc3s2)cc1[N+](=O)[O-]. The minimum Gasteiger partial charge on any atom is -0.379 e. The normalized spacial score (nSPS) is 14.9. The number of amides is 1. The van der Waals surface area contributed by atoms with E-state index < -0.39 is 20.7 Å². The van der Waals surface area contributed by atoms with Crippen molar-refractivity contribution < 1.29 is 22.9 Å². The summed E-state index contributed by atoms with van der Waals surface area (Å²) in [5.74, 6) is -0.404. The summed E-state index contributed by atoms with van der Waals surface area (Å²) in [6.07, 6.45) is 1.14. The van der Waals surface area contributed by atoms with Crippen LogP contribution in [0.25, 0.3) is 10.2 Å². The largest absolute Gasteiger partial charge is 0.379 e. The van der Waals surface area contributed by atoms with E-state index in [0.717, 1.165) is 19.3 Å². The third kappa shape index (κ3) is 5.25. The van der Waals surface area contributed by atoms with Crippen molar-refractivity contribution in [1.29, 1.82) is 0 Å². The molecular formula is C22H24N4O6S2. The third-order valence-electron chi connectivity index (χ3n) is 5.65. The number of sulfone groups is 1. The molecule has 1 aliphatic rings. The molecule has 34 heavy (non-hydrogen) atoms. The van der Waals surface area contributed by atoms with E-state index in [-0.39, 0.29) is 16.1 Å². The molecule has 0 radical (unpaired) electrons. The quantitative estimate of drug-likeness (QED) is 0.355. The summed E-state index contributed by atoms with van der Waals surface area (Å²) >= 11 is 1.21.